The highest BCUT2D eigenvalue weighted by molar-refractivity contribution is 5.89. The topological polar surface area (TPSA) is 73.9 Å². The first-order valence-corrected chi connectivity index (χ1v) is 5.72. The lowest BCUT2D eigenvalue weighted by molar-refractivity contribution is -0.147. The zero-order chi connectivity index (χ0) is 13.2. The molecule has 1 aromatic carbocycles. The summed E-state index contributed by atoms with van der Waals surface area (Å²) < 4.78 is 4.93. The second kappa shape index (κ2) is 4.16. The maximum Gasteiger partial charge on any atom is 0.328 e. The van der Waals surface area contributed by atoms with E-state index in [1.165, 1.54) is 0 Å². The van der Waals surface area contributed by atoms with Gasteiger partial charge in [0.1, 0.15) is 5.41 Å². The Balaban J connectivity index is 2.43. The molecule has 0 bridgehead atoms. The van der Waals surface area contributed by atoms with Crippen molar-refractivity contribution in [1.29, 1.82) is 10.5 Å². The first kappa shape index (κ1) is 12.1. The molecule has 0 saturated heterocycles. The predicted octanol–water partition coefficient (Wildman–Crippen LogP) is 1.92. The van der Waals surface area contributed by atoms with Gasteiger partial charge in [-0.3, -0.25) is 4.79 Å². The van der Waals surface area contributed by atoms with Crippen LogP contribution in [-0.4, -0.2) is 12.6 Å². The van der Waals surface area contributed by atoms with E-state index in [1.807, 2.05) is 12.1 Å². The largest absolute Gasteiger partial charge is 0.465 e. The SMILES string of the molecule is CCOC(=O)[C@@]1(C#N)C[C@]1(C#N)c1ccccc1. The molecule has 0 amide bonds. The number of nitriles is 2. The maximum absolute atomic E-state index is 11.9. The molecule has 2 atom stereocenters. The van der Waals surface area contributed by atoms with Gasteiger partial charge in [-0.15, -0.1) is 0 Å². The van der Waals surface area contributed by atoms with Gasteiger partial charge in [-0.05, 0) is 12.5 Å². The van der Waals surface area contributed by atoms with E-state index in [0.29, 0.717) is 5.56 Å². The van der Waals surface area contributed by atoms with Crippen molar-refractivity contribution >= 4 is 5.97 Å². The molecule has 0 radical (unpaired) electrons. The van der Waals surface area contributed by atoms with Gasteiger partial charge in [-0.1, -0.05) is 30.3 Å². The number of hydrogen-bond acceptors (Lipinski definition) is 4. The third-order valence-corrected chi connectivity index (χ3v) is 3.41. The number of carbonyl (C=O) groups excluding carboxylic acids is 1. The van der Waals surface area contributed by atoms with E-state index in [4.69, 9.17) is 4.74 Å². The van der Waals surface area contributed by atoms with Crippen LogP contribution in [0, 0.1) is 28.1 Å². The second-order valence-electron chi connectivity index (χ2n) is 4.30. The molecule has 0 heterocycles. The number of ether oxygens (including phenoxy) is 1. The normalized spacial score (nSPS) is 28.8. The first-order valence-electron chi connectivity index (χ1n) is 5.72. The Hall–Kier alpha value is -2.33. The van der Waals surface area contributed by atoms with Gasteiger partial charge in [0.2, 0.25) is 0 Å². The lowest BCUT2D eigenvalue weighted by Crippen LogP contribution is -2.26. The van der Waals surface area contributed by atoms with Crippen molar-refractivity contribution in [2.75, 3.05) is 6.61 Å². The van der Waals surface area contributed by atoms with Crippen molar-refractivity contribution in [3.05, 3.63) is 35.9 Å². The maximum atomic E-state index is 11.9. The lowest BCUT2D eigenvalue weighted by atomic mass is 9.88. The Morgan fingerprint density at radius 1 is 1.33 bits per heavy atom. The average Bonchev–Trinajstić information content (AvgIpc) is 3.11. The zero-order valence-corrected chi connectivity index (χ0v) is 10.0. The van der Waals surface area contributed by atoms with Crippen molar-refractivity contribution in [2.24, 2.45) is 5.41 Å². The van der Waals surface area contributed by atoms with Gasteiger partial charge in [0.25, 0.3) is 0 Å². The Bertz CT molecular complexity index is 555. The van der Waals surface area contributed by atoms with Gasteiger partial charge in [0.05, 0.1) is 18.7 Å². The second-order valence-corrected chi connectivity index (χ2v) is 4.30. The number of nitrogens with zero attached hydrogens (tertiary/aromatic N) is 2. The zero-order valence-electron chi connectivity index (χ0n) is 10.0. The molecular formula is C14H12N2O2. The Labute approximate surface area is 105 Å². The summed E-state index contributed by atoms with van der Waals surface area (Å²) in [6, 6.07) is 13.0. The minimum absolute atomic E-state index is 0.204. The van der Waals surface area contributed by atoms with Crippen LogP contribution in [0.2, 0.25) is 0 Å². The molecule has 1 saturated carbocycles. The van der Waals surface area contributed by atoms with E-state index in [1.54, 1.807) is 31.2 Å². The smallest absolute Gasteiger partial charge is 0.328 e. The minimum Gasteiger partial charge on any atom is -0.465 e. The minimum atomic E-state index is -1.35. The molecule has 4 heteroatoms. The van der Waals surface area contributed by atoms with Crippen molar-refractivity contribution in [2.45, 2.75) is 18.8 Å². The number of hydrogen-bond donors (Lipinski definition) is 0. The van der Waals surface area contributed by atoms with Crippen LogP contribution in [0.3, 0.4) is 0 Å². The molecule has 18 heavy (non-hydrogen) atoms. The van der Waals surface area contributed by atoms with Crippen molar-refractivity contribution in [1.82, 2.24) is 0 Å². The van der Waals surface area contributed by atoms with Crippen LogP contribution < -0.4 is 0 Å². The van der Waals surface area contributed by atoms with E-state index in [0.717, 1.165) is 0 Å². The van der Waals surface area contributed by atoms with Crippen molar-refractivity contribution < 1.29 is 9.53 Å². The fourth-order valence-electron chi connectivity index (χ4n) is 2.31. The molecule has 0 N–H and O–H groups in total. The van der Waals surface area contributed by atoms with Crippen LogP contribution in [-0.2, 0) is 14.9 Å². The monoisotopic (exact) mass is 240 g/mol. The Kier molecular flexibility index (Phi) is 2.80. The number of rotatable bonds is 3. The fourth-order valence-corrected chi connectivity index (χ4v) is 2.31. The molecule has 0 spiro atoms. The fraction of sp³-hybridized carbons (Fsp3) is 0.357. The molecule has 1 aliphatic rings. The molecule has 0 aromatic heterocycles. The lowest BCUT2D eigenvalue weighted by Gasteiger charge is -2.13. The van der Waals surface area contributed by atoms with Crippen molar-refractivity contribution in [3.8, 4) is 12.1 Å². The molecule has 1 aromatic rings. The molecule has 0 unspecified atom stereocenters. The van der Waals surface area contributed by atoms with Crippen molar-refractivity contribution in [3.63, 3.8) is 0 Å². The quantitative estimate of drug-likeness (QED) is 0.756. The number of esters is 1. The summed E-state index contributed by atoms with van der Waals surface area (Å²) in [4.78, 5) is 11.9. The molecular weight excluding hydrogens is 228 g/mol. The number of carbonyl (C=O) groups is 1. The Morgan fingerprint density at radius 3 is 2.50 bits per heavy atom. The third-order valence-electron chi connectivity index (χ3n) is 3.41. The summed E-state index contributed by atoms with van der Waals surface area (Å²) in [5, 5.41) is 18.7. The average molecular weight is 240 g/mol. The van der Waals surface area contributed by atoms with Crippen LogP contribution in [0.5, 0.6) is 0 Å². The van der Waals surface area contributed by atoms with Gasteiger partial charge in [-0.25, -0.2) is 0 Å². The predicted molar refractivity (Wildman–Crippen MR) is 63.0 cm³/mol. The van der Waals surface area contributed by atoms with Gasteiger partial charge < -0.3 is 4.74 Å². The molecule has 0 aliphatic heterocycles. The molecule has 1 aliphatic carbocycles. The third kappa shape index (κ3) is 1.39. The highest BCUT2D eigenvalue weighted by Crippen LogP contribution is 2.64. The molecule has 1 fully saturated rings. The summed E-state index contributed by atoms with van der Waals surface area (Å²) in [5.41, 5.74) is -1.71. The summed E-state index contributed by atoms with van der Waals surface area (Å²) in [6.07, 6.45) is 0.204. The van der Waals surface area contributed by atoms with Gasteiger partial charge in [0, 0.05) is 6.42 Å². The van der Waals surface area contributed by atoms with Gasteiger partial charge >= 0.3 is 5.97 Å². The van der Waals surface area contributed by atoms with E-state index in [-0.39, 0.29) is 13.0 Å². The van der Waals surface area contributed by atoms with E-state index >= 15 is 0 Å². The van der Waals surface area contributed by atoms with Gasteiger partial charge in [0.15, 0.2) is 5.41 Å². The van der Waals surface area contributed by atoms with E-state index < -0.39 is 16.8 Å². The van der Waals surface area contributed by atoms with Crippen LogP contribution in [0.15, 0.2) is 30.3 Å². The highest BCUT2D eigenvalue weighted by Gasteiger charge is 2.76. The molecule has 2 rings (SSSR count). The summed E-state index contributed by atoms with van der Waals surface area (Å²) in [7, 11) is 0. The Morgan fingerprint density at radius 2 is 2.00 bits per heavy atom. The van der Waals surface area contributed by atoms with Crippen LogP contribution in [0.25, 0.3) is 0 Å². The summed E-state index contributed by atoms with van der Waals surface area (Å²) in [5.74, 6) is -0.599. The van der Waals surface area contributed by atoms with Gasteiger partial charge in [-0.2, -0.15) is 10.5 Å². The summed E-state index contributed by atoms with van der Waals surface area (Å²) >= 11 is 0. The van der Waals surface area contributed by atoms with Crippen LogP contribution in [0.1, 0.15) is 18.9 Å². The van der Waals surface area contributed by atoms with Crippen LogP contribution >= 0.6 is 0 Å². The standard InChI is InChI=1S/C14H12N2O2/c1-2-18-12(17)14(10-16)8-13(14,9-15)11-6-4-3-5-7-11/h3-7H,2,8H2,1H3/t13-,14-/m0/s1. The van der Waals surface area contributed by atoms with E-state index in [2.05, 4.69) is 6.07 Å². The highest BCUT2D eigenvalue weighted by atomic mass is 16.5. The summed E-state index contributed by atoms with van der Waals surface area (Å²) in [6.45, 7) is 1.89. The number of benzene rings is 1. The first-order chi connectivity index (χ1) is 8.66. The molecule has 4 nitrogen and oxygen atoms in total. The van der Waals surface area contributed by atoms with E-state index in [9.17, 15) is 15.3 Å². The molecule has 90 valence electrons. The van der Waals surface area contributed by atoms with Crippen LogP contribution in [0.4, 0.5) is 0 Å².